The summed E-state index contributed by atoms with van der Waals surface area (Å²) in [6, 6.07) is 12.4. The first-order chi connectivity index (χ1) is 11.6. The Bertz CT molecular complexity index is 734. The van der Waals surface area contributed by atoms with Crippen molar-refractivity contribution in [1.82, 2.24) is 5.43 Å². The third kappa shape index (κ3) is 4.25. The molecule has 0 aliphatic rings. The lowest BCUT2D eigenvalue weighted by atomic mass is 10.1. The SMILES string of the molecule is COc1cc(OC)cc(C(=O)N/N=C(/C)c2cccc(OC)c2)c1. The number of methoxy groups -OCH3 is 3. The van der Waals surface area contributed by atoms with Crippen LogP contribution in [0.5, 0.6) is 17.2 Å². The lowest BCUT2D eigenvalue weighted by molar-refractivity contribution is 0.0954. The molecule has 1 amide bonds. The number of carbonyl (C=O) groups excluding carboxylic acids is 1. The largest absolute Gasteiger partial charge is 0.497 e. The first-order valence-electron chi connectivity index (χ1n) is 7.29. The molecule has 1 N–H and O–H groups in total. The minimum absolute atomic E-state index is 0.352. The highest BCUT2D eigenvalue weighted by molar-refractivity contribution is 6.01. The maximum absolute atomic E-state index is 12.3. The number of hydrogen-bond donors (Lipinski definition) is 1. The fourth-order valence-electron chi connectivity index (χ4n) is 2.05. The van der Waals surface area contributed by atoms with Gasteiger partial charge < -0.3 is 14.2 Å². The van der Waals surface area contributed by atoms with Gasteiger partial charge in [0.2, 0.25) is 0 Å². The molecular formula is C18H20N2O4. The third-order valence-electron chi connectivity index (χ3n) is 3.43. The topological polar surface area (TPSA) is 69.2 Å². The van der Waals surface area contributed by atoms with Gasteiger partial charge in [0.1, 0.15) is 17.2 Å². The van der Waals surface area contributed by atoms with Gasteiger partial charge in [-0.25, -0.2) is 5.43 Å². The molecule has 2 aromatic rings. The van der Waals surface area contributed by atoms with Crippen molar-refractivity contribution in [3.8, 4) is 17.2 Å². The van der Waals surface area contributed by atoms with Crippen LogP contribution in [-0.2, 0) is 0 Å². The monoisotopic (exact) mass is 328 g/mol. The van der Waals surface area contributed by atoms with Gasteiger partial charge in [-0.15, -0.1) is 0 Å². The molecular weight excluding hydrogens is 308 g/mol. The average molecular weight is 328 g/mol. The Kier molecular flexibility index (Phi) is 5.78. The van der Waals surface area contributed by atoms with Gasteiger partial charge in [0.15, 0.2) is 0 Å². The van der Waals surface area contributed by atoms with E-state index in [-0.39, 0.29) is 5.91 Å². The van der Waals surface area contributed by atoms with Crippen molar-refractivity contribution in [1.29, 1.82) is 0 Å². The minimum atomic E-state index is -0.352. The molecule has 0 atom stereocenters. The number of carbonyl (C=O) groups is 1. The van der Waals surface area contributed by atoms with Crippen molar-refractivity contribution < 1.29 is 19.0 Å². The summed E-state index contributed by atoms with van der Waals surface area (Å²) in [6.07, 6.45) is 0. The summed E-state index contributed by atoms with van der Waals surface area (Å²) in [5, 5.41) is 4.14. The molecule has 0 fully saturated rings. The number of nitrogens with zero attached hydrogens (tertiary/aromatic N) is 1. The van der Waals surface area contributed by atoms with E-state index in [1.165, 1.54) is 14.2 Å². The van der Waals surface area contributed by atoms with Crippen LogP contribution in [0.1, 0.15) is 22.8 Å². The number of hydrogen-bond acceptors (Lipinski definition) is 5. The number of ether oxygens (including phenoxy) is 3. The molecule has 0 aromatic heterocycles. The van der Waals surface area contributed by atoms with Gasteiger partial charge in [-0.3, -0.25) is 4.79 Å². The molecule has 0 radical (unpaired) electrons. The molecule has 0 saturated carbocycles. The zero-order valence-electron chi connectivity index (χ0n) is 14.1. The predicted octanol–water partition coefficient (Wildman–Crippen LogP) is 2.87. The number of nitrogens with one attached hydrogen (secondary N) is 1. The Morgan fingerprint density at radius 2 is 1.46 bits per heavy atom. The maximum Gasteiger partial charge on any atom is 0.271 e. The molecule has 0 unspecified atom stereocenters. The Hall–Kier alpha value is -3.02. The van der Waals surface area contributed by atoms with Gasteiger partial charge in [0.05, 0.1) is 27.0 Å². The summed E-state index contributed by atoms with van der Waals surface area (Å²) in [6.45, 7) is 1.81. The highest BCUT2D eigenvalue weighted by Gasteiger charge is 2.09. The zero-order chi connectivity index (χ0) is 17.5. The molecule has 24 heavy (non-hydrogen) atoms. The van der Waals surface area contributed by atoms with Crippen molar-refractivity contribution in [2.75, 3.05) is 21.3 Å². The normalized spacial score (nSPS) is 10.9. The summed E-state index contributed by atoms with van der Waals surface area (Å²) in [5.41, 5.74) is 4.45. The fraction of sp³-hybridized carbons (Fsp3) is 0.222. The standard InChI is InChI=1S/C18H20N2O4/c1-12(13-6-5-7-15(8-13)22-2)19-20-18(21)14-9-16(23-3)11-17(10-14)24-4/h5-11H,1-4H3,(H,20,21)/b19-12-. The van der Waals surface area contributed by atoms with Gasteiger partial charge in [0, 0.05) is 17.2 Å². The summed E-state index contributed by atoms with van der Waals surface area (Å²) in [5.74, 6) is 1.45. The van der Waals surface area contributed by atoms with E-state index in [4.69, 9.17) is 14.2 Å². The summed E-state index contributed by atoms with van der Waals surface area (Å²) in [7, 11) is 4.66. The van der Waals surface area contributed by atoms with E-state index in [1.54, 1.807) is 32.2 Å². The molecule has 0 bridgehead atoms. The summed E-state index contributed by atoms with van der Waals surface area (Å²) in [4.78, 5) is 12.3. The maximum atomic E-state index is 12.3. The van der Waals surface area contributed by atoms with Gasteiger partial charge in [0.25, 0.3) is 5.91 Å². The van der Waals surface area contributed by atoms with Crippen molar-refractivity contribution >= 4 is 11.6 Å². The Morgan fingerprint density at radius 3 is 2.04 bits per heavy atom. The van der Waals surface area contributed by atoms with E-state index in [1.807, 2.05) is 24.3 Å². The lowest BCUT2D eigenvalue weighted by Gasteiger charge is -2.08. The van der Waals surface area contributed by atoms with Crippen LogP contribution in [-0.4, -0.2) is 32.9 Å². The van der Waals surface area contributed by atoms with Crippen molar-refractivity contribution in [2.24, 2.45) is 5.10 Å². The molecule has 0 aliphatic carbocycles. The zero-order valence-corrected chi connectivity index (χ0v) is 14.1. The number of amides is 1. The Morgan fingerprint density at radius 1 is 0.875 bits per heavy atom. The quantitative estimate of drug-likeness (QED) is 0.654. The fourth-order valence-corrected chi connectivity index (χ4v) is 2.05. The second-order valence-corrected chi connectivity index (χ2v) is 4.97. The summed E-state index contributed by atoms with van der Waals surface area (Å²) < 4.78 is 15.5. The van der Waals surface area contributed by atoms with Crippen LogP contribution in [0.4, 0.5) is 0 Å². The number of benzene rings is 2. The van der Waals surface area contributed by atoms with Crippen LogP contribution >= 0.6 is 0 Å². The molecule has 2 rings (SSSR count). The van der Waals surface area contributed by atoms with Gasteiger partial charge in [-0.1, -0.05) is 12.1 Å². The highest BCUT2D eigenvalue weighted by Crippen LogP contribution is 2.22. The van der Waals surface area contributed by atoms with Crippen LogP contribution < -0.4 is 19.6 Å². The van der Waals surface area contributed by atoms with Crippen LogP contribution in [0.3, 0.4) is 0 Å². The molecule has 2 aromatic carbocycles. The third-order valence-corrected chi connectivity index (χ3v) is 3.43. The molecule has 0 heterocycles. The average Bonchev–Trinajstić information content (AvgIpc) is 2.65. The lowest BCUT2D eigenvalue weighted by Crippen LogP contribution is -2.19. The van der Waals surface area contributed by atoms with E-state index < -0.39 is 0 Å². The van der Waals surface area contributed by atoms with E-state index in [2.05, 4.69) is 10.5 Å². The van der Waals surface area contributed by atoms with Crippen LogP contribution in [0, 0.1) is 0 Å². The molecule has 0 saturated heterocycles. The number of hydrazone groups is 1. The first-order valence-corrected chi connectivity index (χ1v) is 7.29. The Balaban J connectivity index is 2.17. The smallest absolute Gasteiger partial charge is 0.271 e. The minimum Gasteiger partial charge on any atom is -0.497 e. The van der Waals surface area contributed by atoms with Gasteiger partial charge >= 0.3 is 0 Å². The van der Waals surface area contributed by atoms with Crippen LogP contribution in [0.15, 0.2) is 47.6 Å². The van der Waals surface area contributed by atoms with Crippen molar-refractivity contribution in [3.63, 3.8) is 0 Å². The van der Waals surface area contributed by atoms with E-state index in [9.17, 15) is 4.79 Å². The van der Waals surface area contributed by atoms with Gasteiger partial charge in [-0.05, 0) is 31.2 Å². The van der Waals surface area contributed by atoms with E-state index >= 15 is 0 Å². The second-order valence-electron chi connectivity index (χ2n) is 4.97. The summed E-state index contributed by atoms with van der Waals surface area (Å²) >= 11 is 0. The molecule has 6 heteroatoms. The van der Waals surface area contributed by atoms with Gasteiger partial charge in [-0.2, -0.15) is 5.10 Å². The first kappa shape index (κ1) is 17.3. The Labute approximate surface area is 141 Å². The molecule has 0 aliphatic heterocycles. The molecule has 0 spiro atoms. The number of rotatable bonds is 6. The second kappa shape index (κ2) is 8.01. The van der Waals surface area contributed by atoms with Crippen molar-refractivity contribution in [3.05, 3.63) is 53.6 Å². The predicted molar refractivity (Wildman–Crippen MR) is 92.2 cm³/mol. The molecule has 126 valence electrons. The van der Waals surface area contributed by atoms with Crippen molar-refractivity contribution in [2.45, 2.75) is 6.92 Å². The highest BCUT2D eigenvalue weighted by atomic mass is 16.5. The van der Waals surface area contributed by atoms with Crippen LogP contribution in [0.25, 0.3) is 0 Å². The van der Waals surface area contributed by atoms with E-state index in [0.29, 0.717) is 22.8 Å². The van der Waals surface area contributed by atoms with Crippen LogP contribution in [0.2, 0.25) is 0 Å². The molecule has 6 nitrogen and oxygen atoms in total. The van der Waals surface area contributed by atoms with E-state index in [0.717, 1.165) is 11.3 Å².